The molecule has 0 N–H and O–H groups in total. The number of carbonyl (C=O) groups is 1. The Hall–Kier alpha value is -2.22. The molecule has 1 atom stereocenters. The second-order valence-electron chi connectivity index (χ2n) is 3.77. The van der Waals surface area contributed by atoms with Crippen molar-refractivity contribution < 1.29 is 18.1 Å². The Morgan fingerprint density at radius 1 is 1.35 bits per heavy atom. The fourth-order valence-electron chi connectivity index (χ4n) is 1.48. The van der Waals surface area contributed by atoms with E-state index in [1.54, 1.807) is 0 Å². The van der Waals surface area contributed by atoms with Gasteiger partial charge in [0, 0.05) is 11.8 Å². The molecule has 0 aliphatic rings. The van der Waals surface area contributed by atoms with Crippen molar-refractivity contribution in [2.24, 2.45) is 0 Å². The first-order chi connectivity index (χ1) is 9.52. The molecular weight excluding hydrogens is 285 g/mol. The van der Waals surface area contributed by atoms with Crippen molar-refractivity contribution in [1.29, 1.82) is 0 Å². The van der Waals surface area contributed by atoms with Crippen LogP contribution in [0.25, 0.3) is 11.3 Å². The number of esters is 1. The van der Waals surface area contributed by atoms with Crippen molar-refractivity contribution in [3.8, 4) is 11.3 Å². The first-order valence-corrected chi connectivity index (χ1v) is 7.00. The monoisotopic (exact) mass is 295 g/mol. The van der Waals surface area contributed by atoms with Gasteiger partial charge in [-0.3, -0.25) is 4.21 Å². The summed E-state index contributed by atoms with van der Waals surface area (Å²) in [5.74, 6) is -1.48. The summed E-state index contributed by atoms with van der Waals surface area (Å²) in [5, 5.41) is 7.60. The van der Waals surface area contributed by atoms with E-state index in [2.05, 4.69) is 19.9 Å². The van der Waals surface area contributed by atoms with Crippen LogP contribution < -0.4 is 0 Å². The summed E-state index contributed by atoms with van der Waals surface area (Å²) in [4.78, 5) is 15.1. The van der Waals surface area contributed by atoms with Crippen molar-refractivity contribution in [3.05, 3.63) is 35.8 Å². The van der Waals surface area contributed by atoms with Crippen molar-refractivity contribution in [2.75, 3.05) is 13.4 Å². The number of benzene rings is 1. The minimum absolute atomic E-state index is 0.0976. The second kappa shape index (κ2) is 5.83. The van der Waals surface area contributed by atoms with Gasteiger partial charge in [0.1, 0.15) is 11.5 Å². The number of hydrogen-bond donors (Lipinski definition) is 0. The van der Waals surface area contributed by atoms with E-state index in [1.807, 2.05) is 0 Å². The van der Waals surface area contributed by atoms with Gasteiger partial charge in [0.25, 0.3) is 0 Å². The van der Waals surface area contributed by atoms with E-state index >= 15 is 0 Å². The molecule has 1 aromatic carbocycles. The smallest absolute Gasteiger partial charge is 0.340 e. The van der Waals surface area contributed by atoms with E-state index in [0.717, 1.165) is 6.07 Å². The molecule has 0 amide bonds. The van der Waals surface area contributed by atoms with E-state index in [-0.39, 0.29) is 10.7 Å². The lowest BCUT2D eigenvalue weighted by molar-refractivity contribution is 0.0595. The lowest BCUT2D eigenvalue weighted by Crippen LogP contribution is -2.05. The highest BCUT2D eigenvalue weighted by Gasteiger charge is 2.14. The molecule has 0 fully saturated rings. The maximum atomic E-state index is 13.8. The normalized spacial score (nSPS) is 11.9. The van der Waals surface area contributed by atoms with Crippen LogP contribution in [0.5, 0.6) is 0 Å². The highest BCUT2D eigenvalue weighted by Crippen LogP contribution is 2.19. The first kappa shape index (κ1) is 14.2. The minimum Gasteiger partial charge on any atom is -0.465 e. The fourth-order valence-corrected chi connectivity index (χ4v) is 1.84. The molecule has 0 aliphatic heterocycles. The quantitative estimate of drug-likeness (QED) is 0.791. The molecule has 6 nitrogen and oxygen atoms in total. The Labute approximate surface area is 116 Å². The van der Waals surface area contributed by atoms with Crippen LogP contribution in [0.1, 0.15) is 10.4 Å². The predicted molar refractivity (Wildman–Crippen MR) is 68.9 cm³/mol. The van der Waals surface area contributed by atoms with E-state index in [9.17, 15) is 13.4 Å². The third-order valence-corrected chi connectivity index (χ3v) is 3.17. The van der Waals surface area contributed by atoms with Gasteiger partial charge in [-0.15, -0.1) is 10.2 Å². The Morgan fingerprint density at radius 2 is 2.10 bits per heavy atom. The zero-order valence-corrected chi connectivity index (χ0v) is 11.5. The summed E-state index contributed by atoms with van der Waals surface area (Å²) in [6.45, 7) is 0. The molecule has 0 saturated heterocycles. The van der Waals surface area contributed by atoms with Gasteiger partial charge in [0.2, 0.25) is 5.16 Å². The number of ether oxygens (including phenoxy) is 1. The summed E-state index contributed by atoms with van der Waals surface area (Å²) < 4.78 is 29.3. The highest BCUT2D eigenvalue weighted by atomic mass is 32.2. The predicted octanol–water partition coefficient (Wildman–Crippen LogP) is 1.20. The third kappa shape index (κ3) is 2.85. The van der Waals surface area contributed by atoms with Gasteiger partial charge >= 0.3 is 5.97 Å². The number of carbonyl (C=O) groups excluding carboxylic acids is 1. The van der Waals surface area contributed by atoms with E-state index in [0.29, 0.717) is 11.3 Å². The molecule has 0 bridgehead atoms. The van der Waals surface area contributed by atoms with E-state index in [4.69, 9.17) is 0 Å². The molecule has 20 heavy (non-hydrogen) atoms. The Kier molecular flexibility index (Phi) is 4.14. The summed E-state index contributed by atoms with van der Waals surface area (Å²) >= 11 is 0. The molecule has 1 heterocycles. The third-order valence-electron chi connectivity index (χ3n) is 2.47. The van der Waals surface area contributed by atoms with Crippen LogP contribution in [-0.4, -0.2) is 38.7 Å². The zero-order chi connectivity index (χ0) is 14.7. The largest absolute Gasteiger partial charge is 0.465 e. The van der Waals surface area contributed by atoms with Crippen LogP contribution in [-0.2, 0) is 15.5 Å². The molecule has 2 aromatic rings. The zero-order valence-electron chi connectivity index (χ0n) is 10.7. The van der Waals surface area contributed by atoms with Gasteiger partial charge in [-0.25, -0.2) is 14.2 Å². The Morgan fingerprint density at radius 3 is 2.60 bits per heavy atom. The number of hydrogen-bond acceptors (Lipinski definition) is 6. The Bertz CT molecular complexity index is 676. The summed E-state index contributed by atoms with van der Waals surface area (Å²) in [7, 11) is -0.154. The van der Waals surface area contributed by atoms with Gasteiger partial charge in [0.15, 0.2) is 0 Å². The van der Waals surface area contributed by atoms with Crippen LogP contribution in [0.15, 0.2) is 29.6 Å². The topological polar surface area (TPSA) is 82.0 Å². The molecule has 0 radical (unpaired) electrons. The van der Waals surface area contributed by atoms with Crippen LogP contribution >= 0.6 is 0 Å². The molecule has 0 saturated carbocycles. The van der Waals surface area contributed by atoms with Crippen molar-refractivity contribution in [2.45, 2.75) is 5.16 Å². The van der Waals surface area contributed by atoms with Crippen molar-refractivity contribution in [3.63, 3.8) is 0 Å². The maximum absolute atomic E-state index is 13.8. The van der Waals surface area contributed by atoms with Crippen LogP contribution in [0.4, 0.5) is 4.39 Å². The Balaban J connectivity index is 2.36. The molecule has 1 aromatic heterocycles. The number of methoxy groups -OCH3 is 1. The minimum atomic E-state index is -1.33. The summed E-state index contributed by atoms with van der Waals surface area (Å²) in [5.41, 5.74) is 0.557. The maximum Gasteiger partial charge on any atom is 0.340 e. The number of aromatic nitrogens is 3. The molecule has 0 spiro atoms. The average molecular weight is 295 g/mol. The van der Waals surface area contributed by atoms with Crippen LogP contribution in [0.3, 0.4) is 0 Å². The van der Waals surface area contributed by atoms with Crippen LogP contribution in [0, 0.1) is 5.82 Å². The summed E-state index contributed by atoms with van der Waals surface area (Å²) in [6.07, 6.45) is 2.78. The molecular formula is C12H10FN3O3S. The van der Waals surface area contributed by atoms with E-state index in [1.165, 1.54) is 31.7 Å². The van der Waals surface area contributed by atoms with Crippen molar-refractivity contribution in [1.82, 2.24) is 15.2 Å². The van der Waals surface area contributed by atoms with E-state index < -0.39 is 22.6 Å². The lowest BCUT2D eigenvalue weighted by Gasteiger charge is -2.04. The highest BCUT2D eigenvalue weighted by molar-refractivity contribution is 7.84. The second-order valence-corrected chi connectivity index (χ2v) is 5.04. The van der Waals surface area contributed by atoms with Gasteiger partial charge in [-0.2, -0.15) is 0 Å². The molecule has 2 rings (SSSR count). The first-order valence-electron chi connectivity index (χ1n) is 5.44. The number of rotatable bonds is 3. The van der Waals surface area contributed by atoms with Gasteiger partial charge in [0.05, 0.1) is 29.7 Å². The van der Waals surface area contributed by atoms with Gasteiger partial charge in [-0.1, -0.05) is 6.07 Å². The SMILES string of the molecule is COC(=O)c1ccc(-c2cnc(S(C)=O)nn2)cc1F. The lowest BCUT2D eigenvalue weighted by atomic mass is 10.1. The molecule has 1 unspecified atom stereocenters. The summed E-state index contributed by atoms with van der Waals surface area (Å²) in [6, 6.07) is 3.94. The van der Waals surface area contributed by atoms with Crippen LogP contribution in [0.2, 0.25) is 0 Å². The number of halogens is 1. The fraction of sp³-hybridized carbons (Fsp3) is 0.167. The standard InChI is InChI=1S/C12H10FN3O3S/c1-19-11(17)8-4-3-7(5-9(8)13)10-6-14-12(16-15-10)20(2)18/h3-6H,1-2H3. The van der Waals surface area contributed by atoms with Gasteiger partial charge < -0.3 is 4.74 Å². The number of nitrogens with zero attached hydrogens (tertiary/aromatic N) is 3. The molecule has 104 valence electrons. The molecule has 8 heteroatoms. The van der Waals surface area contributed by atoms with Crippen molar-refractivity contribution >= 4 is 16.8 Å². The molecule has 0 aliphatic carbocycles. The average Bonchev–Trinajstić information content (AvgIpc) is 2.46. The van der Waals surface area contributed by atoms with Gasteiger partial charge in [-0.05, 0) is 12.1 Å².